The van der Waals surface area contributed by atoms with Crippen LogP contribution >= 0.6 is 0 Å². The van der Waals surface area contributed by atoms with Crippen molar-refractivity contribution in [3.8, 4) is 11.5 Å². The Morgan fingerprint density at radius 2 is 1.13 bits per heavy atom. The maximum atomic E-state index is 13.2. The molecule has 0 spiro atoms. The molecule has 0 fully saturated rings. The molecule has 0 radical (unpaired) electrons. The Labute approximate surface area is 323 Å². The molecule has 0 amide bonds. The van der Waals surface area contributed by atoms with Crippen molar-refractivity contribution >= 4 is 22.5 Å². The second kappa shape index (κ2) is 18.4. The highest BCUT2D eigenvalue weighted by Crippen LogP contribution is 2.41. The van der Waals surface area contributed by atoms with Crippen LogP contribution in [0, 0.1) is 5.92 Å². The maximum Gasteiger partial charge on any atom is 0.264 e. The molecule has 10 nitrogen and oxygen atoms in total. The number of nitrogens with zero attached hydrogens (tertiary/aromatic N) is 2. The largest absolute Gasteiger partial charge is 0.497 e. The predicted molar refractivity (Wildman–Crippen MR) is 212 cm³/mol. The molecule has 286 valence electrons. The third-order valence-corrected chi connectivity index (χ3v) is 9.98. The Hall–Kier alpha value is -5.17. The summed E-state index contributed by atoms with van der Waals surface area (Å²) in [5.41, 5.74) is 3.12. The van der Waals surface area contributed by atoms with E-state index in [4.69, 9.17) is 27.9 Å². The van der Waals surface area contributed by atoms with Crippen LogP contribution in [0.2, 0.25) is 0 Å². The monoisotopic (exact) mass is 763 g/mol. The maximum absolute atomic E-state index is 13.2. The van der Waals surface area contributed by atoms with Gasteiger partial charge in [0.2, 0.25) is 0 Å². The molecule has 55 heavy (non-hydrogen) atoms. The van der Waals surface area contributed by atoms with Gasteiger partial charge >= 0.3 is 0 Å². The molecule has 0 saturated carbocycles. The van der Waals surface area contributed by atoms with Gasteiger partial charge in [-0.1, -0.05) is 120 Å². The van der Waals surface area contributed by atoms with Gasteiger partial charge < -0.3 is 23.7 Å². The van der Waals surface area contributed by atoms with E-state index in [2.05, 4.69) is 5.10 Å². The van der Waals surface area contributed by atoms with Crippen molar-refractivity contribution in [2.75, 3.05) is 34.1 Å². The van der Waals surface area contributed by atoms with E-state index in [1.807, 2.05) is 153 Å². The molecule has 5 aromatic carbocycles. The lowest BCUT2D eigenvalue weighted by atomic mass is 9.80. The summed E-state index contributed by atoms with van der Waals surface area (Å²) < 4.78 is 65.6. The van der Waals surface area contributed by atoms with Crippen LogP contribution < -0.4 is 9.47 Å². The lowest BCUT2D eigenvalue weighted by Crippen LogP contribution is -2.50. The third kappa shape index (κ3) is 10.1. The zero-order valence-corrected chi connectivity index (χ0v) is 32.2. The Bertz CT molecular complexity index is 2020. The molecule has 0 aliphatic carbocycles. The molecular formula is C44H47N2O8S+. The average Bonchev–Trinajstić information content (AvgIpc) is 3.65. The first-order chi connectivity index (χ1) is 26.7. The summed E-state index contributed by atoms with van der Waals surface area (Å²) in [4.78, 5) is 0. The zero-order valence-electron chi connectivity index (χ0n) is 31.4. The van der Waals surface area contributed by atoms with Crippen molar-refractivity contribution < 1.29 is 41.0 Å². The molecule has 5 aromatic rings. The molecule has 1 unspecified atom stereocenters. The molecule has 0 N–H and O–H groups in total. The van der Waals surface area contributed by atoms with Gasteiger partial charge in [-0.25, -0.2) is 0 Å². The van der Waals surface area contributed by atoms with E-state index in [0.717, 1.165) is 39.8 Å². The highest BCUT2D eigenvalue weighted by molar-refractivity contribution is 7.86. The number of benzene rings is 5. The van der Waals surface area contributed by atoms with Crippen LogP contribution in [0.3, 0.4) is 0 Å². The number of rotatable bonds is 19. The average molecular weight is 764 g/mol. The van der Waals surface area contributed by atoms with E-state index >= 15 is 0 Å². The Kier molecular flexibility index (Phi) is 13.3. The van der Waals surface area contributed by atoms with Gasteiger partial charge in [0.1, 0.15) is 41.3 Å². The summed E-state index contributed by atoms with van der Waals surface area (Å²) in [6, 6.07) is 44.7. The fraction of sp³-hybridized carbons (Fsp3) is 0.273. The van der Waals surface area contributed by atoms with Gasteiger partial charge in [-0.05, 0) is 57.2 Å². The first kappa shape index (κ1) is 39.5. The van der Waals surface area contributed by atoms with E-state index in [0.29, 0.717) is 5.75 Å². The lowest BCUT2D eigenvalue weighted by molar-refractivity contribution is -0.495. The highest BCUT2D eigenvalue weighted by Gasteiger charge is 2.44. The number of methoxy groups -OCH3 is 2. The Morgan fingerprint density at radius 3 is 1.53 bits per heavy atom. The van der Waals surface area contributed by atoms with Gasteiger partial charge in [0.05, 0.1) is 46.5 Å². The minimum absolute atomic E-state index is 0.113. The molecule has 6 rings (SSSR count). The van der Waals surface area contributed by atoms with Gasteiger partial charge in [-0.15, -0.1) is 0 Å². The molecule has 0 aromatic heterocycles. The molecule has 1 aliphatic heterocycles. The number of hydrogen-bond donors (Lipinski definition) is 0. The molecule has 0 saturated heterocycles. The molecule has 1 heterocycles. The van der Waals surface area contributed by atoms with Gasteiger partial charge in [-0.3, -0.25) is 4.18 Å². The van der Waals surface area contributed by atoms with Crippen LogP contribution in [0.1, 0.15) is 27.8 Å². The SMILES string of the molecule is COc1ccc(CO[C@H]([C@H](OCc2ccc(OC)cc2)C2C=N[N+](C)=C2)[C@@H](COC(c2ccccc2)(c2ccccc2)c2ccccc2)OS(C)(=O)=O)cc1. The zero-order chi connectivity index (χ0) is 38.7. The third-order valence-electron chi connectivity index (χ3n) is 9.38. The van der Waals surface area contributed by atoms with Crippen molar-refractivity contribution in [2.24, 2.45) is 11.0 Å². The van der Waals surface area contributed by atoms with E-state index in [9.17, 15) is 8.42 Å². The van der Waals surface area contributed by atoms with E-state index in [-0.39, 0.29) is 19.8 Å². The normalized spacial score (nSPS) is 15.9. The number of ether oxygens (including phenoxy) is 5. The summed E-state index contributed by atoms with van der Waals surface area (Å²) in [6.07, 6.45) is 1.76. The summed E-state index contributed by atoms with van der Waals surface area (Å²) in [5, 5.41) is 4.47. The first-order valence-corrected chi connectivity index (χ1v) is 19.8. The van der Waals surface area contributed by atoms with Crippen LogP contribution in [0.5, 0.6) is 11.5 Å². The fourth-order valence-electron chi connectivity index (χ4n) is 6.72. The van der Waals surface area contributed by atoms with Gasteiger partial charge in [-0.2, -0.15) is 8.42 Å². The summed E-state index contributed by atoms with van der Waals surface area (Å²) in [6.45, 7) is 0.0933. The topological polar surface area (TPSA) is 105 Å². The van der Waals surface area contributed by atoms with Crippen LogP contribution in [0.25, 0.3) is 0 Å². The summed E-state index contributed by atoms with van der Waals surface area (Å²) in [5.74, 6) is 1.01. The standard InChI is InChI=1S/C44H47N2O8S/c1-46-29-35(28-45-46)42(51-30-33-20-24-39(49-2)25-21-33)43(52-31-34-22-26-40(50-3)27-23-34)41(54-55(4,47)48)32-53-44(36-14-8-5-9-15-36,37-16-10-6-11-17-37)38-18-12-7-13-19-38/h5-29,35,41-43H,30-32H2,1-4H3/q+1/t35?,41-,42-,43+/m1/s1. The second-order valence-electron chi connectivity index (χ2n) is 13.2. The molecule has 4 atom stereocenters. The Balaban J connectivity index is 1.45. The van der Waals surface area contributed by atoms with E-state index in [1.165, 1.54) is 0 Å². The summed E-state index contributed by atoms with van der Waals surface area (Å²) >= 11 is 0. The van der Waals surface area contributed by atoms with Crippen molar-refractivity contribution in [3.63, 3.8) is 0 Å². The highest BCUT2D eigenvalue weighted by atomic mass is 32.2. The predicted octanol–water partition coefficient (Wildman–Crippen LogP) is 6.86. The summed E-state index contributed by atoms with van der Waals surface area (Å²) in [7, 11) is 0.983. The van der Waals surface area contributed by atoms with Crippen molar-refractivity contribution in [3.05, 3.63) is 167 Å². The van der Waals surface area contributed by atoms with Gasteiger partial charge in [0.15, 0.2) is 13.3 Å². The first-order valence-electron chi connectivity index (χ1n) is 18.0. The fourth-order valence-corrected chi connectivity index (χ4v) is 7.34. The van der Waals surface area contributed by atoms with Crippen molar-refractivity contribution in [2.45, 2.75) is 37.1 Å². The van der Waals surface area contributed by atoms with Crippen molar-refractivity contribution in [1.29, 1.82) is 0 Å². The van der Waals surface area contributed by atoms with E-state index in [1.54, 1.807) is 25.1 Å². The number of hydrogen-bond acceptors (Lipinski definition) is 9. The van der Waals surface area contributed by atoms with Crippen LogP contribution in [0.4, 0.5) is 0 Å². The van der Waals surface area contributed by atoms with Gasteiger partial charge in [0, 0.05) is 0 Å². The minimum Gasteiger partial charge on any atom is -0.497 e. The molecule has 11 heteroatoms. The molecule has 0 bridgehead atoms. The minimum atomic E-state index is -4.06. The quantitative estimate of drug-likeness (QED) is 0.0511. The second-order valence-corrected chi connectivity index (χ2v) is 14.8. The smallest absolute Gasteiger partial charge is 0.264 e. The lowest BCUT2D eigenvalue weighted by Gasteiger charge is -2.39. The van der Waals surface area contributed by atoms with Crippen LogP contribution in [-0.4, -0.2) is 78.0 Å². The number of hydrazone groups is 1. The van der Waals surface area contributed by atoms with Crippen LogP contribution in [-0.2, 0) is 47.3 Å². The van der Waals surface area contributed by atoms with Crippen LogP contribution in [0.15, 0.2) is 145 Å². The van der Waals surface area contributed by atoms with Crippen molar-refractivity contribution in [1.82, 2.24) is 0 Å². The molecule has 1 aliphatic rings. The Morgan fingerprint density at radius 1 is 0.673 bits per heavy atom. The molecular weight excluding hydrogens is 717 g/mol. The van der Waals surface area contributed by atoms with Gasteiger partial charge in [0.25, 0.3) is 10.1 Å². The van der Waals surface area contributed by atoms with E-state index < -0.39 is 39.9 Å².